The summed E-state index contributed by atoms with van der Waals surface area (Å²) in [6.07, 6.45) is 3.92. The maximum Gasteiger partial charge on any atom is 0.387 e. The van der Waals surface area contributed by atoms with Crippen molar-refractivity contribution in [1.82, 2.24) is 5.32 Å². The first kappa shape index (κ1) is 22.5. The molecule has 1 N–H and O–H groups in total. The van der Waals surface area contributed by atoms with Crippen LogP contribution in [0.1, 0.15) is 18.9 Å². The minimum atomic E-state index is -2.94. The molecule has 0 aliphatic carbocycles. The molecule has 31 heavy (non-hydrogen) atoms. The molecule has 1 unspecified atom stereocenters. The maximum atomic E-state index is 13.1. The van der Waals surface area contributed by atoms with Gasteiger partial charge in [0.25, 0.3) is 0 Å². The van der Waals surface area contributed by atoms with Crippen molar-refractivity contribution in [2.24, 2.45) is 5.92 Å². The average Bonchev–Trinajstić information content (AvgIpc) is 3.22. The Morgan fingerprint density at radius 1 is 1.23 bits per heavy atom. The van der Waals surface area contributed by atoms with Crippen LogP contribution < -0.4 is 19.7 Å². The predicted octanol–water partition coefficient (Wildman–Crippen LogP) is 4.48. The molecule has 1 aliphatic heterocycles. The topological polar surface area (TPSA) is 50.8 Å². The van der Waals surface area contributed by atoms with Gasteiger partial charge in [0.1, 0.15) is 5.82 Å². The molecule has 1 aliphatic rings. The zero-order valence-electron chi connectivity index (χ0n) is 17.2. The zero-order valence-corrected chi connectivity index (χ0v) is 17.2. The van der Waals surface area contributed by atoms with E-state index >= 15 is 0 Å². The van der Waals surface area contributed by atoms with Crippen LogP contribution in [-0.2, 0) is 4.79 Å². The number of rotatable bonds is 9. The molecular formula is C23H25F3N2O3. The van der Waals surface area contributed by atoms with Crippen molar-refractivity contribution in [3.05, 3.63) is 59.9 Å². The Morgan fingerprint density at radius 2 is 2.00 bits per heavy atom. The number of nitrogens with zero attached hydrogens (tertiary/aromatic N) is 1. The fourth-order valence-corrected chi connectivity index (χ4v) is 3.45. The van der Waals surface area contributed by atoms with Crippen molar-refractivity contribution in [3.63, 3.8) is 0 Å². The number of anilines is 1. The molecule has 1 amide bonds. The monoisotopic (exact) mass is 434 g/mol. The van der Waals surface area contributed by atoms with Crippen molar-refractivity contribution < 1.29 is 27.4 Å². The minimum absolute atomic E-state index is 0.0506. The van der Waals surface area contributed by atoms with Crippen LogP contribution >= 0.6 is 0 Å². The standard InChI is InChI=1S/C23H25F3N2O3/c1-2-30-21-13-16(3-9-20(21)31-23(25)26)4-10-22(29)27-14-17-11-12-28(15-17)19-7-5-18(24)6-8-19/h3-10,13,17,23H,2,11-12,14-15H2,1H3,(H,27,29)/b10-4+. The third-order valence-electron chi connectivity index (χ3n) is 4.95. The van der Waals surface area contributed by atoms with E-state index in [1.54, 1.807) is 37.3 Å². The predicted molar refractivity (Wildman–Crippen MR) is 113 cm³/mol. The van der Waals surface area contributed by atoms with Gasteiger partial charge >= 0.3 is 6.61 Å². The Morgan fingerprint density at radius 3 is 2.71 bits per heavy atom. The summed E-state index contributed by atoms with van der Waals surface area (Å²) in [4.78, 5) is 14.3. The number of benzene rings is 2. The van der Waals surface area contributed by atoms with Gasteiger partial charge in [-0.25, -0.2) is 4.39 Å². The summed E-state index contributed by atoms with van der Waals surface area (Å²) in [5.41, 5.74) is 1.60. The molecular weight excluding hydrogens is 409 g/mol. The van der Waals surface area contributed by atoms with Gasteiger partial charge in [0.2, 0.25) is 5.91 Å². The third-order valence-corrected chi connectivity index (χ3v) is 4.95. The summed E-state index contributed by atoms with van der Waals surface area (Å²) in [7, 11) is 0. The second kappa shape index (κ2) is 10.7. The summed E-state index contributed by atoms with van der Waals surface area (Å²) >= 11 is 0. The number of ether oxygens (including phenoxy) is 2. The number of hydrogen-bond donors (Lipinski definition) is 1. The van der Waals surface area contributed by atoms with E-state index in [0.717, 1.165) is 25.2 Å². The van der Waals surface area contributed by atoms with Crippen LogP contribution in [0.5, 0.6) is 11.5 Å². The molecule has 5 nitrogen and oxygen atoms in total. The number of alkyl halides is 2. The fraction of sp³-hybridized carbons (Fsp3) is 0.348. The Balaban J connectivity index is 1.50. The lowest BCUT2D eigenvalue weighted by molar-refractivity contribution is -0.116. The van der Waals surface area contributed by atoms with E-state index in [2.05, 4.69) is 15.0 Å². The largest absolute Gasteiger partial charge is 0.490 e. The Labute approximate surface area is 179 Å². The van der Waals surface area contributed by atoms with Gasteiger partial charge in [-0.15, -0.1) is 0 Å². The molecule has 1 atom stereocenters. The van der Waals surface area contributed by atoms with Crippen molar-refractivity contribution >= 4 is 17.7 Å². The molecule has 166 valence electrons. The van der Waals surface area contributed by atoms with E-state index in [0.29, 0.717) is 24.6 Å². The molecule has 8 heteroatoms. The first-order valence-corrected chi connectivity index (χ1v) is 10.1. The van der Waals surface area contributed by atoms with Crippen molar-refractivity contribution in [2.75, 3.05) is 31.1 Å². The van der Waals surface area contributed by atoms with Crippen LogP contribution in [0, 0.1) is 11.7 Å². The summed E-state index contributed by atoms with van der Waals surface area (Å²) in [5, 5.41) is 2.89. The van der Waals surface area contributed by atoms with Crippen LogP contribution in [0.4, 0.5) is 18.9 Å². The quantitative estimate of drug-likeness (QED) is 0.592. The van der Waals surface area contributed by atoms with Crippen LogP contribution in [0.2, 0.25) is 0 Å². The van der Waals surface area contributed by atoms with E-state index in [1.807, 2.05) is 0 Å². The molecule has 0 bridgehead atoms. The van der Waals surface area contributed by atoms with Crippen LogP contribution in [-0.4, -0.2) is 38.8 Å². The van der Waals surface area contributed by atoms with Gasteiger partial charge < -0.3 is 19.7 Å². The number of nitrogens with one attached hydrogen (secondary N) is 1. The van der Waals surface area contributed by atoms with Crippen LogP contribution in [0.25, 0.3) is 6.08 Å². The van der Waals surface area contributed by atoms with Crippen molar-refractivity contribution in [2.45, 2.75) is 20.0 Å². The molecule has 0 aromatic heterocycles. The Kier molecular flexibility index (Phi) is 7.81. The molecule has 2 aromatic carbocycles. The van der Waals surface area contributed by atoms with Crippen molar-refractivity contribution in [1.29, 1.82) is 0 Å². The normalized spacial score (nSPS) is 16.2. The molecule has 3 rings (SSSR count). The average molecular weight is 434 g/mol. The highest BCUT2D eigenvalue weighted by Crippen LogP contribution is 2.30. The molecule has 0 spiro atoms. The van der Waals surface area contributed by atoms with E-state index < -0.39 is 6.61 Å². The molecule has 1 heterocycles. The van der Waals surface area contributed by atoms with E-state index in [4.69, 9.17) is 4.74 Å². The lowest BCUT2D eigenvalue weighted by atomic mass is 10.1. The van der Waals surface area contributed by atoms with Gasteiger partial charge in [0.15, 0.2) is 11.5 Å². The maximum absolute atomic E-state index is 13.1. The number of amides is 1. The smallest absolute Gasteiger partial charge is 0.387 e. The van der Waals surface area contributed by atoms with Crippen LogP contribution in [0.3, 0.4) is 0 Å². The van der Waals surface area contributed by atoms with Gasteiger partial charge in [-0.05, 0) is 67.3 Å². The Hall–Kier alpha value is -3.16. The zero-order chi connectivity index (χ0) is 22.2. The third kappa shape index (κ3) is 6.67. The second-order valence-electron chi connectivity index (χ2n) is 7.17. The van der Waals surface area contributed by atoms with Gasteiger partial charge in [-0.1, -0.05) is 6.07 Å². The molecule has 1 saturated heterocycles. The Bertz CT molecular complexity index is 903. The summed E-state index contributed by atoms with van der Waals surface area (Å²) in [5.74, 6) is -0.0606. The highest BCUT2D eigenvalue weighted by molar-refractivity contribution is 5.91. The highest BCUT2D eigenvalue weighted by Gasteiger charge is 2.22. The van der Waals surface area contributed by atoms with Gasteiger partial charge in [0.05, 0.1) is 6.61 Å². The van der Waals surface area contributed by atoms with Gasteiger partial charge in [-0.2, -0.15) is 8.78 Å². The lowest BCUT2D eigenvalue weighted by Crippen LogP contribution is -2.29. The highest BCUT2D eigenvalue weighted by atomic mass is 19.3. The molecule has 2 aromatic rings. The first-order chi connectivity index (χ1) is 14.9. The summed E-state index contributed by atoms with van der Waals surface area (Å²) in [6.45, 7) is 1.27. The summed E-state index contributed by atoms with van der Waals surface area (Å²) in [6, 6.07) is 10.9. The first-order valence-electron chi connectivity index (χ1n) is 10.1. The number of hydrogen-bond acceptors (Lipinski definition) is 4. The number of carbonyl (C=O) groups is 1. The van der Waals surface area contributed by atoms with E-state index in [1.165, 1.54) is 24.3 Å². The van der Waals surface area contributed by atoms with E-state index in [-0.39, 0.29) is 23.2 Å². The fourth-order valence-electron chi connectivity index (χ4n) is 3.45. The van der Waals surface area contributed by atoms with Crippen molar-refractivity contribution in [3.8, 4) is 11.5 Å². The molecule has 0 saturated carbocycles. The molecule has 0 radical (unpaired) electrons. The minimum Gasteiger partial charge on any atom is -0.490 e. The van der Waals surface area contributed by atoms with E-state index in [9.17, 15) is 18.0 Å². The van der Waals surface area contributed by atoms with Crippen LogP contribution in [0.15, 0.2) is 48.5 Å². The van der Waals surface area contributed by atoms with Gasteiger partial charge in [-0.3, -0.25) is 4.79 Å². The SMILES string of the molecule is CCOc1cc(/C=C/C(=O)NCC2CCN(c3ccc(F)cc3)C2)ccc1OC(F)F. The lowest BCUT2D eigenvalue weighted by Gasteiger charge is -2.18. The number of carbonyl (C=O) groups excluding carboxylic acids is 1. The van der Waals surface area contributed by atoms with Gasteiger partial charge in [0, 0.05) is 31.4 Å². The number of halogens is 3. The second-order valence-corrected chi connectivity index (χ2v) is 7.17. The summed E-state index contributed by atoms with van der Waals surface area (Å²) < 4.78 is 47.8. The molecule has 1 fully saturated rings.